The number of benzene rings is 1. The molecule has 0 spiro atoms. The van der Waals surface area contributed by atoms with Crippen LogP contribution in [0.15, 0.2) is 24.2 Å². The minimum Gasteiger partial charge on any atom is -0.385 e. The van der Waals surface area contributed by atoms with Crippen LogP contribution in [0.2, 0.25) is 0 Å². The molecule has 1 aromatic carbocycles. The van der Waals surface area contributed by atoms with E-state index in [0.717, 1.165) is 18.9 Å². The highest BCUT2D eigenvalue weighted by Crippen LogP contribution is 2.27. The van der Waals surface area contributed by atoms with Gasteiger partial charge in [-0.3, -0.25) is 14.4 Å². The van der Waals surface area contributed by atoms with Gasteiger partial charge in [0, 0.05) is 32.2 Å². The van der Waals surface area contributed by atoms with Crippen LogP contribution in [-0.2, 0) is 20.8 Å². The molecular weight excluding hydrogens is 344 g/mol. The van der Waals surface area contributed by atoms with E-state index in [1.807, 2.05) is 5.32 Å². The van der Waals surface area contributed by atoms with E-state index < -0.39 is 96.9 Å². The summed E-state index contributed by atoms with van der Waals surface area (Å²) in [5, 5.41) is 12.3. The van der Waals surface area contributed by atoms with E-state index in [9.17, 15) is 19.5 Å². The summed E-state index contributed by atoms with van der Waals surface area (Å²) in [5.74, 6) is -10.2. The van der Waals surface area contributed by atoms with Gasteiger partial charge in [-0.25, -0.2) is 0 Å². The molecule has 2 rings (SSSR count). The summed E-state index contributed by atoms with van der Waals surface area (Å²) in [7, 11) is 1.13. The summed E-state index contributed by atoms with van der Waals surface area (Å²) < 4.78 is 96.3. The maximum atomic E-state index is 13.5. The van der Waals surface area contributed by atoms with Gasteiger partial charge in [-0.05, 0) is 30.4 Å². The third-order valence-corrected chi connectivity index (χ3v) is 4.21. The first-order chi connectivity index (χ1) is 17.2. The SMILES string of the molecule is [2H]c1c([2H])c([2H])c2c(c1[2H])CC([2H])(C)N(C)C(=O)[C@@]2([2H])NC(=O)[C@]([2H])(C)CC(=O)[C@@]([2H])(O)C([2H])(C)C([2H])([2H])[2H]. The Balaban J connectivity index is 2.62. The summed E-state index contributed by atoms with van der Waals surface area (Å²) in [6.07, 6.45) is -5.35. The van der Waals surface area contributed by atoms with Crippen LogP contribution in [0.25, 0.3) is 0 Å². The highest BCUT2D eigenvalue weighted by atomic mass is 16.3. The fourth-order valence-corrected chi connectivity index (χ4v) is 2.46. The molecule has 0 saturated heterocycles. The Morgan fingerprint density at radius 1 is 1.48 bits per heavy atom. The van der Waals surface area contributed by atoms with Crippen LogP contribution >= 0.6 is 0 Å². The van der Waals surface area contributed by atoms with E-state index in [2.05, 4.69) is 0 Å². The molecule has 5 atom stereocenters. The lowest BCUT2D eigenvalue weighted by atomic mass is 9.94. The van der Waals surface area contributed by atoms with Gasteiger partial charge in [0.25, 0.3) is 0 Å². The highest BCUT2D eigenvalue weighted by molar-refractivity contribution is 5.93. The molecule has 1 heterocycles. The van der Waals surface area contributed by atoms with Crippen LogP contribution in [0.5, 0.6) is 0 Å². The molecule has 6 nitrogen and oxygen atoms in total. The Hall–Kier alpha value is -2.21. The van der Waals surface area contributed by atoms with Crippen molar-refractivity contribution in [2.75, 3.05) is 7.05 Å². The van der Waals surface area contributed by atoms with E-state index in [1.54, 1.807) is 0 Å². The molecule has 2 N–H and O–H groups in total. The number of fused-ring (bicyclic) bond motifs is 1. The molecule has 0 fully saturated rings. The van der Waals surface area contributed by atoms with E-state index >= 15 is 0 Å². The number of carbonyl (C=O) groups is 3. The number of likely N-dealkylation sites (N-methyl/N-ethyl adjacent to an activating group) is 1. The summed E-state index contributed by atoms with van der Waals surface area (Å²) >= 11 is 0. The van der Waals surface area contributed by atoms with E-state index in [1.165, 1.54) is 6.92 Å². The molecule has 6 heteroatoms. The second-order valence-corrected chi connectivity index (χ2v) is 6.31. The third kappa shape index (κ3) is 4.75. The maximum Gasteiger partial charge on any atom is 0.249 e. The molecule has 1 aliphatic rings. The zero-order valence-electron chi connectivity index (χ0n) is 27.5. The van der Waals surface area contributed by atoms with Crippen LogP contribution < -0.4 is 5.32 Å². The number of hydrogen-bond acceptors (Lipinski definition) is 4. The number of rotatable bonds is 6. The van der Waals surface area contributed by atoms with Gasteiger partial charge in [0.15, 0.2) is 5.78 Å². The van der Waals surface area contributed by atoms with Gasteiger partial charge in [0.1, 0.15) is 12.1 Å². The molecule has 27 heavy (non-hydrogen) atoms. The molecule has 1 aromatic rings. The smallest absolute Gasteiger partial charge is 0.249 e. The monoisotopic (exact) mass is 386 g/mol. The Labute approximate surface area is 177 Å². The summed E-state index contributed by atoms with van der Waals surface area (Å²) in [6, 6.07) is -7.82. The zero-order valence-corrected chi connectivity index (χ0v) is 15.5. The topological polar surface area (TPSA) is 86.7 Å². The average molecular weight is 387 g/mol. The molecule has 2 unspecified atom stereocenters. The Morgan fingerprint density at radius 2 is 2.15 bits per heavy atom. The first-order valence-electron chi connectivity index (χ1n) is 14.1. The lowest BCUT2D eigenvalue weighted by molar-refractivity contribution is -0.138. The van der Waals surface area contributed by atoms with Crippen molar-refractivity contribution in [3.05, 3.63) is 35.3 Å². The maximum absolute atomic E-state index is 13.5. The van der Waals surface area contributed by atoms with Crippen molar-refractivity contribution < 1.29 is 35.9 Å². The Morgan fingerprint density at radius 3 is 2.81 bits per heavy atom. The molecular formula is C21H30N2O4. The molecule has 1 aliphatic heterocycles. The lowest BCUT2D eigenvalue weighted by Gasteiger charge is -2.26. The van der Waals surface area contributed by atoms with Crippen molar-refractivity contribution in [2.24, 2.45) is 11.8 Å². The quantitative estimate of drug-likeness (QED) is 0.781. The number of carbonyl (C=O) groups excluding carboxylic acids is 3. The predicted octanol–water partition coefficient (Wildman–Crippen LogP) is 1.86. The average Bonchev–Trinajstić information content (AvgIpc) is 2.83. The van der Waals surface area contributed by atoms with Crippen LogP contribution in [0.1, 0.15) is 67.6 Å². The van der Waals surface area contributed by atoms with Gasteiger partial charge in [0.05, 0.1) is 9.60 Å². The zero-order chi connectivity index (χ0) is 30.9. The van der Waals surface area contributed by atoms with Crippen LogP contribution in [0.4, 0.5) is 0 Å². The number of amides is 2. The first kappa shape index (κ1) is 9.82. The molecule has 0 saturated carbocycles. The molecule has 0 radical (unpaired) electrons. The van der Waals surface area contributed by atoms with Crippen LogP contribution in [0.3, 0.4) is 0 Å². The van der Waals surface area contributed by atoms with Crippen molar-refractivity contribution in [3.8, 4) is 0 Å². The minimum absolute atomic E-state index is 0.294. The summed E-state index contributed by atoms with van der Waals surface area (Å²) in [6.45, 7) is -0.614. The van der Waals surface area contributed by atoms with E-state index in [4.69, 9.17) is 16.4 Å². The molecule has 148 valence electrons. The van der Waals surface area contributed by atoms with Gasteiger partial charge < -0.3 is 15.3 Å². The van der Waals surface area contributed by atoms with Crippen LogP contribution in [0, 0.1) is 11.8 Å². The van der Waals surface area contributed by atoms with Gasteiger partial charge >= 0.3 is 0 Å². The number of nitrogens with one attached hydrogen (secondary N) is 1. The molecule has 2 amide bonds. The van der Waals surface area contributed by atoms with Crippen molar-refractivity contribution in [1.82, 2.24) is 10.2 Å². The fraction of sp³-hybridized carbons (Fsp3) is 0.571. The largest absolute Gasteiger partial charge is 0.385 e. The van der Waals surface area contributed by atoms with Crippen molar-refractivity contribution in [2.45, 2.75) is 58.6 Å². The van der Waals surface area contributed by atoms with Gasteiger partial charge in [-0.15, -0.1) is 0 Å². The Kier molecular flexibility index (Phi) is 3.15. The van der Waals surface area contributed by atoms with E-state index in [0.29, 0.717) is 6.92 Å². The van der Waals surface area contributed by atoms with Gasteiger partial charge in [-0.1, -0.05) is 44.9 Å². The van der Waals surface area contributed by atoms with Crippen LogP contribution in [-0.4, -0.2) is 46.7 Å². The second-order valence-electron chi connectivity index (χ2n) is 6.31. The third-order valence-electron chi connectivity index (χ3n) is 4.21. The molecule has 0 aromatic heterocycles. The molecule has 0 bridgehead atoms. The summed E-state index contributed by atoms with van der Waals surface area (Å²) in [5.41, 5.74) is -0.952. The van der Waals surface area contributed by atoms with E-state index in [-0.39, 0.29) is 5.56 Å². The number of ketones is 1. The summed E-state index contributed by atoms with van der Waals surface area (Å²) in [4.78, 5) is 40.2. The minimum atomic E-state index is -3.59. The standard InChI is InChI=1S/C21H30N2O4/c1-12(2)19(25)17(24)10-13(3)20(26)22-18-16-9-7-6-8-15(16)11-14(4)23(5)21(18)27/h6-9,12-14,18-19,25H,10-11H2,1-5H3,(H,22,26)/t13-,14?,18+,19+/m1/s1/i1D3,6D,7D,8D,9D,12D,13D,14D,18D,19D/t12?,13-,14?,18+,19+. The highest BCUT2D eigenvalue weighted by Gasteiger charge is 2.34. The van der Waals surface area contributed by atoms with Crippen molar-refractivity contribution in [3.63, 3.8) is 0 Å². The first-order valence-corrected chi connectivity index (χ1v) is 8.14. The normalized spacial score (nSPS) is 38.9. The van der Waals surface area contributed by atoms with Gasteiger partial charge in [-0.2, -0.15) is 0 Å². The second kappa shape index (κ2) is 8.65. The number of nitrogens with zero attached hydrogens (tertiary/aromatic N) is 1. The van der Waals surface area contributed by atoms with Crippen molar-refractivity contribution >= 4 is 17.6 Å². The van der Waals surface area contributed by atoms with Crippen molar-refractivity contribution in [1.29, 1.82) is 0 Å². The number of aliphatic hydroxyl groups is 1. The number of hydrogen-bond donors (Lipinski definition) is 2. The molecule has 0 aliphatic carbocycles. The Bertz CT molecular complexity index is 1230. The fourth-order valence-electron chi connectivity index (χ4n) is 2.46. The predicted molar refractivity (Wildman–Crippen MR) is 103 cm³/mol. The lowest BCUT2D eigenvalue weighted by Crippen LogP contribution is -2.44. The van der Waals surface area contributed by atoms with Gasteiger partial charge in [0.2, 0.25) is 11.8 Å². The number of Topliss-reactive ketones (excluding diaryl/α,β-unsaturated/α-hetero) is 1.